The number of halogens is 3. The van der Waals surface area contributed by atoms with Gasteiger partial charge in [-0.05, 0) is 30.7 Å². The van der Waals surface area contributed by atoms with Gasteiger partial charge in [-0.1, -0.05) is 6.07 Å². The predicted octanol–water partition coefficient (Wildman–Crippen LogP) is 3.32. The lowest BCUT2D eigenvalue weighted by atomic mass is 10.1. The van der Waals surface area contributed by atoms with Gasteiger partial charge in [0, 0.05) is 18.3 Å². The summed E-state index contributed by atoms with van der Waals surface area (Å²) in [5.74, 6) is -0.567. The van der Waals surface area contributed by atoms with E-state index in [4.69, 9.17) is 0 Å². The van der Waals surface area contributed by atoms with Crippen LogP contribution in [0.3, 0.4) is 0 Å². The van der Waals surface area contributed by atoms with Gasteiger partial charge in [0.15, 0.2) is 0 Å². The van der Waals surface area contributed by atoms with Crippen LogP contribution in [0, 0.1) is 0 Å². The molecule has 0 aromatic heterocycles. The summed E-state index contributed by atoms with van der Waals surface area (Å²) >= 11 is 0. The smallest absolute Gasteiger partial charge is 0.416 e. The number of rotatable bonds is 4. The monoisotopic (exact) mass is 273 g/mol. The Balaban J connectivity index is 3.11. The van der Waals surface area contributed by atoms with Crippen LogP contribution in [0.5, 0.6) is 0 Å². The van der Waals surface area contributed by atoms with Crippen LogP contribution in [-0.2, 0) is 15.7 Å². The Morgan fingerprint density at radius 3 is 2.63 bits per heavy atom. The molecule has 1 aromatic carbocycles. The number of benzene rings is 1. The van der Waals surface area contributed by atoms with Gasteiger partial charge in [-0.2, -0.15) is 13.2 Å². The van der Waals surface area contributed by atoms with Crippen LogP contribution >= 0.6 is 0 Å². The Kier molecular flexibility index (Phi) is 4.97. The zero-order valence-corrected chi connectivity index (χ0v) is 10.5. The minimum Gasteiger partial charge on any atom is -0.466 e. The first kappa shape index (κ1) is 15.1. The quantitative estimate of drug-likeness (QED) is 0.675. The van der Waals surface area contributed by atoms with Crippen molar-refractivity contribution in [2.24, 2.45) is 0 Å². The van der Waals surface area contributed by atoms with E-state index >= 15 is 0 Å². The molecule has 0 aliphatic rings. The molecule has 0 amide bonds. The van der Waals surface area contributed by atoms with E-state index in [0.717, 1.165) is 18.2 Å². The SMILES string of the molecule is CCNc1cc(C(F)(F)F)ccc1C=CC(=O)OC. The second kappa shape index (κ2) is 6.26. The fourth-order valence-electron chi connectivity index (χ4n) is 1.45. The molecule has 3 nitrogen and oxygen atoms in total. The van der Waals surface area contributed by atoms with Crippen LogP contribution in [0.1, 0.15) is 18.1 Å². The summed E-state index contributed by atoms with van der Waals surface area (Å²) in [7, 11) is 1.23. The van der Waals surface area contributed by atoms with Crippen molar-refractivity contribution in [3.8, 4) is 0 Å². The van der Waals surface area contributed by atoms with E-state index in [1.807, 2.05) is 0 Å². The maximum Gasteiger partial charge on any atom is 0.416 e. The van der Waals surface area contributed by atoms with Gasteiger partial charge in [-0.25, -0.2) is 4.79 Å². The topological polar surface area (TPSA) is 38.3 Å². The second-order valence-electron chi connectivity index (χ2n) is 3.69. The molecule has 1 aromatic rings. The molecule has 0 aliphatic heterocycles. The van der Waals surface area contributed by atoms with Gasteiger partial charge in [-0.15, -0.1) is 0 Å². The van der Waals surface area contributed by atoms with Crippen molar-refractivity contribution in [3.63, 3.8) is 0 Å². The number of hydrogen-bond donors (Lipinski definition) is 1. The molecule has 19 heavy (non-hydrogen) atoms. The molecule has 0 fully saturated rings. The summed E-state index contributed by atoms with van der Waals surface area (Å²) < 4.78 is 42.2. The van der Waals surface area contributed by atoms with Crippen LogP contribution in [-0.4, -0.2) is 19.6 Å². The van der Waals surface area contributed by atoms with Crippen molar-refractivity contribution < 1.29 is 22.7 Å². The maximum absolute atomic E-state index is 12.6. The third-order valence-electron chi connectivity index (χ3n) is 2.35. The normalized spacial score (nSPS) is 11.6. The molecule has 104 valence electrons. The molecule has 0 heterocycles. The fraction of sp³-hybridized carbons (Fsp3) is 0.308. The van der Waals surface area contributed by atoms with E-state index in [1.165, 1.54) is 19.3 Å². The Hall–Kier alpha value is -1.98. The van der Waals surface area contributed by atoms with Gasteiger partial charge in [0.25, 0.3) is 0 Å². The third kappa shape index (κ3) is 4.31. The molecular formula is C13H14F3NO2. The Bertz CT molecular complexity index is 481. The lowest BCUT2D eigenvalue weighted by molar-refractivity contribution is -0.137. The highest BCUT2D eigenvalue weighted by atomic mass is 19.4. The van der Waals surface area contributed by atoms with Crippen LogP contribution in [0.15, 0.2) is 24.3 Å². The number of carbonyl (C=O) groups excluding carboxylic acids is 1. The minimum absolute atomic E-state index is 0.317. The van der Waals surface area contributed by atoms with Gasteiger partial charge in [0.2, 0.25) is 0 Å². The molecule has 0 radical (unpaired) electrons. The number of carbonyl (C=O) groups is 1. The molecule has 0 atom stereocenters. The van der Waals surface area contributed by atoms with Gasteiger partial charge in [0.05, 0.1) is 12.7 Å². The van der Waals surface area contributed by atoms with E-state index in [2.05, 4.69) is 10.1 Å². The highest BCUT2D eigenvalue weighted by Crippen LogP contribution is 2.32. The molecule has 0 saturated heterocycles. The zero-order valence-electron chi connectivity index (χ0n) is 10.5. The minimum atomic E-state index is -4.39. The van der Waals surface area contributed by atoms with Crippen LogP contribution in [0.2, 0.25) is 0 Å². The van der Waals surface area contributed by atoms with E-state index < -0.39 is 17.7 Å². The summed E-state index contributed by atoms with van der Waals surface area (Å²) in [6.45, 7) is 2.24. The first-order valence-corrected chi connectivity index (χ1v) is 5.59. The summed E-state index contributed by atoms with van der Waals surface area (Å²) in [5.41, 5.74) is 0.0661. The molecule has 6 heteroatoms. The summed E-state index contributed by atoms with van der Waals surface area (Å²) in [6.07, 6.45) is -1.83. The van der Waals surface area contributed by atoms with Crippen molar-refractivity contribution in [1.82, 2.24) is 0 Å². The van der Waals surface area contributed by atoms with Crippen molar-refractivity contribution >= 4 is 17.7 Å². The first-order chi connectivity index (χ1) is 8.88. The molecule has 0 spiro atoms. The summed E-state index contributed by atoms with van der Waals surface area (Å²) in [6, 6.07) is 3.29. The third-order valence-corrected chi connectivity index (χ3v) is 2.35. The molecule has 0 bridgehead atoms. The average molecular weight is 273 g/mol. The standard InChI is InChI=1S/C13H14F3NO2/c1-3-17-11-8-10(13(14,15)16)6-4-9(11)5-7-12(18)19-2/h4-8,17H,3H2,1-2H3. The Morgan fingerprint density at radius 2 is 2.11 bits per heavy atom. The van der Waals surface area contributed by atoms with Crippen molar-refractivity contribution in [2.45, 2.75) is 13.1 Å². The molecule has 0 aliphatic carbocycles. The first-order valence-electron chi connectivity index (χ1n) is 5.59. The highest BCUT2D eigenvalue weighted by molar-refractivity contribution is 5.88. The summed E-state index contributed by atoms with van der Waals surface area (Å²) in [4.78, 5) is 11.0. The van der Waals surface area contributed by atoms with Gasteiger partial charge in [0.1, 0.15) is 0 Å². The van der Waals surface area contributed by atoms with Crippen molar-refractivity contribution in [2.75, 3.05) is 19.0 Å². The molecule has 0 unspecified atom stereocenters. The Labute approximate surface area is 109 Å². The number of esters is 1. The fourth-order valence-corrected chi connectivity index (χ4v) is 1.45. The van der Waals surface area contributed by atoms with Gasteiger partial charge >= 0.3 is 12.1 Å². The molecule has 1 N–H and O–H groups in total. The van der Waals surface area contributed by atoms with Gasteiger partial charge in [-0.3, -0.25) is 0 Å². The maximum atomic E-state index is 12.6. The zero-order chi connectivity index (χ0) is 14.5. The van der Waals surface area contributed by atoms with E-state index in [9.17, 15) is 18.0 Å². The van der Waals surface area contributed by atoms with Crippen LogP contribution in [0.4, 0.5) is 18.9 Å². The average Bonchev–Trinajstić information content (AvgIpc) is 2.36. The number of methoxy groups -OCH3 is 1. The van der Waals surface area contributed by atoms with Gasteiger partial charge < -0.3 is 10.1 Å². The van der Waals surface area contributed by atoms with Crippen LogP contribution < -0.4 is 5.32 Å². The number of anilines is 1. The lowest BCUT2D eigenvalue weighted by Crippen LogP contribution is -2.07. The number of ether oxygens (including phenoxy) is 1. The molecule has 0 saturated carbocycles. The van der Waals surface area contributed by atoms with Crippen LogP contribution in [0.25, 0.3) is 6.08 Å². The highest BCUT2D eigenvalue weighted by Gasteiger charge is 2.30. The summed E-state index contributed by atoms with van der Waals surface area (Å²) in [5, 5.41) is 2.83. The predicted molar refractivity (Wildman–Crippen MR) is 66.7 cm³/mol. The molecule has 1 rings (SSSR count). The van der Waals surface area contributed by atoms with E-state index in [-0.39, 0.29) is 0 Å². The van der Waals surface area contributed by atoms with E-state index in [1.54, 1.807) is 6.92 Å². The lowest BCUT2D eigenvalue weighted by Gasteiger charge is -2.12. The number of hydrogen-bond acceptors (Lipinski definition) is 3. The number of alkyl halides is 3. The number of nitrogens with one attached hydrogen (secondary N) is 1. The second-order valence-corrected chi connectivity index (χ2v) is 3.69. The Morgan fingerprint density at radius 1 is 1.42 bits per heavy atom. The molecular weight excluding hydrogens is 259 g/mol. The van der Waals surface area contributed by atoms with E-state index in [0.29, 0.717) is 17.8 Å². The van der Waals surface area contributed by atoms with Crippen molar-refractivity contribution in [3.05, 3.63) is 35.4 Å². The largest absolute Gasteiger partial charge is 0.466 e. The van der Waals surface area contributed by atoms with Crippen molar-refractivity contribution in [1.29, 1.82) is 0 Å².